The molecule has 0 aliphatic heterocycles. The predicted octanol–water partition coefficient (Wildman–Crippen LogP) is 4.86. The Morgan fingerprint density at radius 3 is 2.42 bits per heavy atom. The van der Waals surface area contributed by atoms with Gasteiger partial charge in [0.15, 0.2) is 0 Å². The summed E-state index contributed by atoms with van der Waals surface area (Å²) in [5, 5.41) is 4.63. The predicted molar refractivity (Wildman–Crippen MR) is 104 cm³/mol. The fourth-order valence-corrected chi connectivity index (χ4v) is 2.60. The summed E-state index contributed by atoms with van der Waals surface area (Å²) in [7, 11) is 0. The van der Waals surface area contributed by atoms with Gasteiger partial charge in [0.2, 0.25) is 5.91 Å². The third kappa shape index (κ3) is 4.83. The third-order valence-corrected chi connectivity index (χ3v) is 4.18. The van der Waals surface area contributed by atoms with Gasteiger partial charge in [-0.25, -0.2) is 5.43 Å². The molecule has 2 aromatic carbocycles. The lowest BCUT2D eigenvalue weighted by Crippen LogP contribution is -2.19. The summed E-state index contributed by atoms with van der Waals surface area (Å²) in [6.45, 7) is 2.10. The molecule has 0 aliphatic rings. The number of nitrogens with one attached hydrogen (secondary N) is 1. The molecule has 1 amide bonds. The zero-order valence-corrected chi connectivity index (χ0v) is 15.2. The molecule has 0 radical (unpaired) electrons. The number of hydrogen-bond donors (Lipinski definition) is 1. The van der Waals surface area contributed by atoms with Crippen LogP contribution >= 0.6 is 11.6 Å². The van der Waals surface area contributed by atoms with Crippen LogP contribution in [0, 0.1) is 0 Å². The van der Waals surface area contributed by atoms with Gasteiger partial charge in [0.1, 0.15) is 11.5 Å². The van der Waals surface area contributed by atoms with Crippen LogP contribution in [0.15, 0.2) is 70.2 Å². The Morgan fingerprint density at radius 2 is 1.73 bits per heavy atom. The van der Waals surface area contributed by atoms with Crippen molar-refractivity contribution in [3.8, 4) is 11.3 Å². The molecule has 5 heteroatoms. The number of amides is 1. The van der Waals surface area contributed by atoms with Crippen molar-refractivity contribution >= 4 is 23.7 Å². The molecule has 1 N–H and O–H groups in total. The molecule has 4 nitrogen and oxygen atoms in total. The van der Waals surface area contributed by atoms with Crippen molar-refractivity contribution in [3.05, 3.63) is 82.6 Å². The van der Waals surface area contributed by atoms with Crippen LogP contribution in [-0.4, -0.2) is 12.1 Å². The maximum Gasteiger partial charge on any atom is 0.244 e. The van der Waals surface area contributed by atoms with E-state index in [1.807, 2.05) is 42.5 Å². The van der Waals surface area contributed by atoms with Crippen molar-refractivity contribution in [1.29, 1.82) is 0 Å². The maximum atomic E-state index is 11.9. The molecule has 0 unspecified atom stereocenters. The summed E-state index contributed by atoms with van der Waals surface area (Å²) >= 11 is 5.88. The van der Waals surface area contributed by atoms with Crippen LogP contribution in [-0.2, 0) is 17.6 Å². The van der Waals surface area contributed by atoms with Crippen LogP contribution in [0.5, 0.6) is 0 Å². The zero-order valence-electron chi connectivity index (χ0n) is 14.4. The second-order valence-electron chi connectivity index (χ2n) is 5.85. The lowest BCUT2D eigenvalue weighted by molar-refractivity contribution is -0.120. The van der Waals surface area contributed by atoms with Crippen molar-refractivity contribution in [2.45, 2.75) is 19.8 Å². The molecule has 0 fully saturated rings. The van der Waals surface area contributed by atoms with Gasteiger partial charge in [-0.2, -0.15) is 5.10 Å². The largest absolute Gasteiger partial charge is 0.455 e. The number of carbonyl (C=O) groups is 1. The summed E-state index contributed by atoms with van der Waals surface area (Å²) in [6.07, 6.45) is 2.75. The number of benzene rings is 2. The number of rotatable bonds is 6. The van der Waals surface area contributed by atoms with Crippen LogP contribution < -0.4 is 5.43 Å². The SMILES string of the molecule is CCc1ccc(CC(=O)N/N=C\c2ccc(-c3ccc(Cl)cc3)o2)cc1. The van der Waals surface area contributed by atoms with Crippen LogP contribution in [0.4, 0.5) is 0 Å². The highest BCUT2D eigenvalue weighted by Gasteiger charge is 2.04. The topological polar surface area (TPSA) is 54.6 Å². The van der Waals surface area contributed by atoms with E-state index in [4.69, 9.17) is 16.0 Å². The molecule has 1 heterocycles. The fourth-order valence-electron chi connectivity index (χ4n) is 2.48. The lowest BCUT2D eigenvalue weighted by atomic mass is 10.1. The van der Waals surface area contributed by atoms with Gasteiger partial charge in [-0.15, -0.1) is 0 Å². The Labute approximate surface area is 157 Å². The van der Waals surface area contributed by atoms with Crippen molar-refractivity contribution in [2.24, 2.45) is 5.10 Å². The molecule has 0 saturated carbocycles. The molecule has 0 atom stereocenters. The quantitative estimate of drug-likeness (QED) is 0.500. The number of nitrogens with zero attached hydrogens (tertiary/aromatic N) is 1. The van der Waals surface area contributed by atoms with E-state index in [1.165, 1.54) is 11.8 Å². The molecular weight excluding hydrogens is 348 g/mol. The van der Waals surface area contributed by atoms with E-state index in [0.29, 0.717) is 16.5 Å². The molecule has 3 rings (SSSR count). The van der Waals surface area contributed by atoms with Gasteiger partial charge in [-0.1, -0.05) is 42.8 Å². The monoisotopic (exact) mass is 366 g/mol. The Morgan fingerprint density at radius 1 is 1.04 bits per heavy atom. The standard InChI is InChI=1S/C21H19ClN2O2/c1-2-15-3-5-16(6-4-15)13-21(25)24-23-14-19-11-12-20(26-19)17-7-9-18(22)10-8-17/h3-12,14H,2,13H2,1H3,(H,24,25)/b23-14-. The molecule has 26 heavy (non-hydrogen) atoms. The number of furan rings is 1. The molecule has 0 saturated heterocycles. The first-order valence-electron chi connectivity index (χ1n) is 8.39. The first-order chi connectivity index (χ1) is 12.6. The van der Waals surface area contributed by atoms with E-state index in [-0.39, 0.29) is 12.3 Å². The second kappa shape index (κ2) is 8.50. The Hall–Kier alpha value is -2.85. The number of carbonyl (C=O) groups excluding carboxylic acids is 1. The number of hydrazone groups is 1. The number of hydrogen-bond acceptors (Lipinski definition) is 3. The molecule has 3 aromatic rings. The molecule has 132 valence electrons. The zero-order chi connectivity index (χ0) is 18.4. The van der Waals surface area contributed by atoms with E-state index in [0.717, 1.165) is 17.5 Å². The maximum absolute atomic E-state index is 11.9. The smallest absolute Gasteiger partial charge is 0.244 e. The highest BCUT2D eigenvalue weighted by atomic mass is 35.5. The number of aryl methyl sites for hydroxylation is 1. The van der Waals surface area contributed by atoms with Crippen LogP contribution in [0.3, 0.4) is 0 Å². The van der Waals surface area contributed by atoms with Crippen molar-refractivity contribution in [3.63, 3.8) is 0 Å². The fraction of sp³-hybridized carbons (Fsp3) is 0.143. The lowest BCUT2D eigenvalue weighted by Gasteiger charge is -2.02. The summed E-state index contributed by atoms with van der Waals surface area (Å²) < 4.78 is 5.69. The van der Waals surface area contributed by atoms with Crippen molar-refractivity contribution in [1.82, 2.24) is 5.43 Å². The minimum Gasteiger partial charge on any atom is -0.455 e. The summed E-state index contributed by atoms with van der Waals surface area (Å²) in [5.41, 5.74) is 5.65. The van der Waals surface area contributed by atoms with Crippen LogP contribution in [0.2, 0.25) is 5.02 Å². The minimum absolute atomic E-state index is 0.171. The normalized spacial score (nSPS) is 11.0. The number of halogens is 1. The molecular formula is C21H19ClN2O2. The van der Waals surface area contributed by atoms with Gasteiger partial charge in [-0.05, 0) is 53.9 Å². The first kappa shape index (κ1) is 18.0. The van der Waals surface area contributed by atoms with E-state index in [2.05, 4.69) is 17.5 Å². The second-order valence-corrected chi connectivity index (χ2v) is 6.29. The van der Waals surface area contributed by atoms with Gasteiger partial charge in [0.25, 0.3) is 0 Å². The highest BCUT2D eigenvalue weighted by Crippen LogP contribution is 2.23. The highest BCUT2D eigenvalue weighted by molar-refractivity contribution is 6.30. The van der Waals surface area contributed by atoms with Crippen LogP contribution in [0.25, 0.3) is 11.3 Å². The van der Waals surface area contributed by atoms with E-state index in [9.17, 15) is 4.79 Å². The molecule has 1 aromatic heterocycles. The minimum atomic E-state index is -0.171. The van der Waals surface area contributed by atoms with E-state index >= 15 is 0 Å². The summed E-state index contributed by atoms with van der Waals surface area (Å²) in [5.74, 6) is 1.10. The van der Waals surface area contributed by atoms with Crippen molar-refractivity contribution in [2.75, 3.05) is 0 Å². The Balaban J connectivity index is 1.54. The van der Waals surface area contributed by atoms with Gasteiger partial charge >= 0.3 is 0 Å². The summed E-state index contributed by atoms with van der Waals surface area (Å²) in [4.78, 5) is 11.9. The van der Waals surface area contributed by atoms with E-state index in [1.54, 1.807) is 18.2 Å². The van der Waals surface area contributed by atoms with E-state index < -0.39 is 0 Å². The average molecular weight is 367 g/mol. The Kier molecular flexibility index (Phi) is 5.87. The molecule has 0 spiro atoms. The van der Waals surface area contributed by atoms with Gasteiger partial charge in [0.05, 0.1) is 12.6 Å². The average Bonchev–Trinajstić information content (AvgIpc) is 3.12. The molecule has 0 bridgehead atoms. The first-order valence-corrected chi connectivity index (χ1v) is 8.77. The van der Waals surface area contributed by atoms with Crippen LogP contribution in [0.1, 0.15) is 23.8 Å². The van der Waals surface area contributed by atoms with Gasteiger partial charge < -0.3 is 4.42 Å². The molecule has 0 aliphatic carbocycles. The Bertz CT molecular complexity index is 897. The van der Waals surface area contributed by atoms with Gasteiger partial charge in [0, 0.05) is 10.6 Å². The van der Waals surface area contributed by atoms with Gasteiger partial charge in [-0.3, -0.25) is 4.79 Å². The van der Waals surface area contributed by atoms with Crippen molar-refractivity contribution < 1.29 is 9.21 Å². The summed E-state index contributed by atoms with van der Waals surface area (Å²) in [6, 6.07) is 19.0. The third-order valence-electron chi connectivity index (χ3n) is 3.93.